The lowest BCUT2D eigenvalue weighted by molar-refractivity contribution is -0.119. The number of anilines is 1. The van der Waals surface area contributed by atoms with Gasteiger partial charge in [-0.1, -0.05) is 24.3 Å². The number of hydrogen-bond donors (Lipinski definition) is 2. The van der Waals surface area contributed by atoms with Crippen LogP contribution in [0.25, 0.3) is 5.69 Å². The van der Waals surface area contributed by atoms with E-state index in [9.17, 15) is 14.4 Å². The first kappa shape index (κ1) is 20.7. The van der Waals surface area contributed by atoms with Gasteiger partial charge in [0.05, 0.1) is 11.4 Å². The number of carbonyl (C=O) groups excluding carboxylic acids is 3. The number of ether oxygens (including phenoxy) is 1. The summed E-state index contributed by atoms with van der Waals surface area (Å²) in [7, 11) is 0. The molecule has 0 spiro atoms. The van der Waals surface area contributed by atoms with E-state index < -0.39 is 18.5 Å². The van der Waals surface area contributed by atoms with Gasteiger partial charge in [0.25, 0.3) is 11.8 Å². The van der Waals surface area contributed by atoms with Gasteiger partial charge in [-0.3, -0.25) is 9.59 Å². The highest BCUT2D eigenvalue weighted by Gasteiger charge is 2.19. The Balaban J connectivity index is 1.59. The summed E-state index contributed by atoms with van der Waals surface area (Å²) in [5.74, 6) is -1.53. The Morgan fingerprint density at radius 3 is 2.53 bits per heavy atom. The van der Waals surface area contributed by atoms with Crippen LogP contribution in [0.4, 0.5) is 5.69 Å². The van der Waals surface area contributed by atoms with Gasteiger partial charge in [0, 0.05) is 17.8 Å². The predicted octanol–water partition coefficient (Wildman–Crippen LogP) is 2.12. The van der Waals surface area contributed by atoms with Crippen molar-refractivity contribution in [2.75, 3.05) is 18.5 Å². The third-order valence-corrected chi connectivity index (χ3v) is 4.04. The van der Waals surface area contributed by atoms with Gasteiger partial charge in [-0.05, 0) is 44.2 Å². The van der Waals surface area contributed by atoms with E-state index in [0.717, 1.165) is 0 Å². The van der Waals surface area contributed by atoms with E-state index in [0.29, 0.717) is 29.2 Å². The lowest BCUT2D eigenvalue weighted by Crippen LogP contribution is -2.23. The number of carbonyl (C=O) groups is 3. The normalized spacial score (nSPS) is 10.3. The monoisotopic (exact) mass is 407 g/mol. The molecule has 0 saturated carbocycles. The molecule has 3 rings (SSSR count). The van der Waals surface area contributed by atoms with Gasteiger partial charge < -0.3 is 15.4 Å². The van der Waals surface area contributed by atoms with Crippen molar-refractivity contribution in [2.45, 2.75) is 13.8 Å². The molecule has 154 valence electrons. The Labute approximate surface area is 173 Å². The Hall–Kier alpha value is -4.01. The van der Waals surface area contributed by atoms with Crippen LogP contribution in [0, 0.1) is 6.92 Å². The standard InChI is InChI=1S/C21H21N5O4/c1-3-22-20(28)15-8-7-9-16(12-15)23-18(27)13-30-21(29)19-14(2)24-26(25-19)17-10-5-4-6-11-17/h4-12H,3,13H2,1-2H3,(H,22,28)(H,23,27). The van der Waals surface area contributed by atoms with Crippen LogP contribution in [0.3, 0.4) is 0 Å². The highest BCUT2D eigenvalue weighted by Crippen LogP contribution is 2.12. The minimum Gasteiger partial charge on any atom is -0.451 e. The fraction of sp³-hybridized carbons (Fsp3) is 0.190. The Kier molecular flexibility index (Phi) is 6.53. The topological polar surface area (TPSA) is 115 Å². The zero-order valence-electron chi connectivity index (χ0n) is 16.6. The lowest BCUT2D eigenvalue weighted by Gasteiger charge is -2.08. The first-order valence-electron chi connectivity index (χ1n) is 9.32. The molecular weight excluding hydrogens is 386 g/mol. The Bertz CT molecular complexity index is 1060. The van der Waals surface area contributed by atoms with Gasteiger partial charge in [-0.15, -0.1) is 5.10 Å². The molecule has 0 aliphatic carbocycles. The smallest absolute Gasteiger partial charge is 0.361 e. The molecule has 1 heterocycles. The van der Waals surface area contributed by atoms with Gasteiger partial charge >= 0.3 is 5.97 Å². The van der Waals surface area contributed by atoms with E-state index in [2.05, 4.69) is 20.8 Å². The number of amides is 2. The molecule has 0 atom stereocenters. The fourth-order valence-electron chi connectivity index (χ4n) is 2.64. The quantitative estimate of drug-likeness (QED) is 0.580. The third-order valence-electron chi connectivity index (χ3n) is 4.04. The first-order chi connectivity index (χ1) is 14.5. The molecule has 0 aliphatic heterocycles. The lowest BCUT2D eigenvalue weighted by atomic mass is 10.2. The van der Waals surface area contributed by atoms with Gasteiger partial charge in [-0.2, -0.15) is 9.90 Å². The summed E-state index contributed by atoms with van der Waals surface area (Å²) in [6.07, 6.45) is 0. The second-order valence-electron chi connectivity index (χ2n) is 6.32. The van der Waals surface area contributed by atoms with Crippen molar-refractivity contribution in [2.24, 2.45) is 0 Å². The molecule has 0 saturated heterocycles. The number of hydrogen-bond acceptors (Lipinski definition) is 6. The SMILES string of the molecule is CCNC(=O)c1cccc(NC(=O)COC(=O)c2nn(-c3ccccc3)nc2C)c1. The number of aromatic nitrogens is 3. The molecule has 0 bridgehead atoms. The van der Waals surface area contributed by atoms with Crippen LogP contribution in [0.5, 0.6) is 0 Å². The van der Waals surface area contributed by atoms with E-state index in [-0.39, 0.29) is 11.6 Å². The van der Waals surface area contributed by atoms with Crippen LogP contribution in [-0.4, -0.2) is 45.9 Å². The van der Waals surface area contributed by atoms with Crippen molar-refractivity contribution in [3.63, 3.8) is 0 Å². The third kappa shape index (κ3) is 5.07. The molecule has 9 nitrogen and oxygen atoms in total. The largest absolute Gasteiger partial charge is 0.451 e. The average molecular weight is 407 g/mol. The van der Waals surface area contributed by atoms with E-state index in [1.165, 1.54) is 4.80 Å². The van der Waals surface area contributed by atoms with E-state index >= 15 is 0 Å². The molecule has 2 N–H and O–H groups in total. The molecule has 0 radical (unpaired) electrons. The summed E-state index contributed by atoms with van der Waals surface area (Å²) in [4.78, 5) is 37.7. The maximum Gasteiger partial charge on any atom is 0.361 e. The van der Waals surface area contributed by atoms with Crippen LogP contribution >= 0.6 is 0 Å². The van der Waals surface area contributed by atoms with Crippen molar-refractivity contribution in [1.29, 1.82) is 0 Å². The number of nitrogens with zero attached hydrogens (tertiary/aromatic N) is 3. The van der Waals surface area contributed by atoms with Crippen molar-refractivity contribution < 1.29 is 19.1 Å². The van der Waals surface area contributed by atoms with Gasteiger partial charge in [0.1, 0.15) is 0 Å². The summed E-state index contributed by atoms with van der Waals surface area (Å²) < 4.78 is 5.06. The average Bonchev–Trinajstić information content (AvgIpc) is 3.15. The first-order valence-corrected chi connectivity index (χ1v) is 9.32. The van der Waals surface area contributed by atoms with E-state index in [1.54, 1.807) is 43.3 Å². The summed E-state index contributed by atoms with van der Waals surface area (Å²) in [6.45, 7) is 3.45. The zero-order valence-corrected chi connectivity index (χ0v) is 16.6. The van der Waals surface area contributed by atoms with Crippen molar-refractivity contribution in [3.05, 3.63) is 71.5 Å². The van der Waals surface area contributed by atoms with Crippen LogP contribution in [0.15, 0.2) is 54.6 Å². The van der Waals surface area contributed by atoms with Crippen LogP contribution in [0.1, 0.15) is 33.5 Å². The van der Waals surface area contributed by atoms with Crippen molar-refractivity contribution in [3.8, 4) is 5.69 Å². The van der Waals surface area contributed by atoms with E-state index in [1.807, 2.05) is 25.1 Å². The van der Waals surface area contributed by atoms with Crippen LogP contribution < -0.4 is 10.6 Å². The maximum absolute atomic E-state index is 12.3. The number of para-hydroxylation sites is 1. The predicted molar refractivity (Wildman–Crippen MR) is 109 cm³/mol. The molecule has 9 heteroatoms. The minimum atomic E-state index is -0.749. The molecular formula is C21H21N5O4. The number of esters is 1. The zero-order chi connectivity index (χ0) is 21.5. The molecule has 0 unspecified atom stereocenters. The number of nitrogens with one attached hydrogen (secondary N) is 2. The Morgan fingerprint density at radius 1 is 1.03 bits per heavy atom. The summed E-state index contributed by atoms with van der Waals surface area (Å²) in [6, 6.07) is 15.6. The van der Waals surface area contributed by atoms with Crippen molar-refractivity contribution in [1.82, 2.24) is 20.3 Å². The summed E-state index contributed by atoms with van der Waals surface area (Å²) in [5.41, 5.74) is 1.96. The summed E-state index contributed by atoms with van der Waals surface area (Å²) in [5, 5.41) is 13.6. The number of benzene rings is 2. The molecule has 30 heavy (non-hydrogen) atoms. The summed E-state index contributed by atoms with van der Waals surface area (Å²) >= 11 is 0. The molecule has 0 fully saturated rings. The maximum atomic E-state index is 12.3. The van der Waals surface area contributed by atoms with Crippen LogP contribution in [-0.2, 0) is 9.53 Å². The highest BCUT2D eigenvalue weighted by molar-refractivity contribution is 5.98. The number of rotatable bonds is 7. The molecule has 0 aliphatic rings. The van der Waals surface area contributed by atoms with Gasteiger partial charge in [-0.25, -0.2) is 4.79 Å². The fourth-order valence-corrected chi connectivity index (χ4v) is 2.64. The molecule has 2 amide bonds. The highest BCUT2D eigenvalue weighted by atomic mass is 16.5. The second kappa shape index (κ2) is 9.46. The second-order valence-corrected chi connectivity index (χ2v) is 6.32. The van der Waals surface area contributed by atoms with Crippen molar-refractivity contribution >= 4 is 23.5 Å². The Morgan fingerprint density at radius 2 is 1.80 bits per heavy atom. The van der Waals surface area contributed by atoms with Gasteiger partial charge in [0.2, 0.25) is 0 Å². The van der Waals surface area contributed by atoms with E-state index in [4.69, 9.17) is 4.74 Å². The molecule has 2 aromatic carbocycles. The van der Waals surface area contributed by atoms with Crippen LogP contribution in [0.2, 0.25) is 0 Å². The minimum absolute atomic E-state index is 0.0323. The van der Waals surface area contributed by atoms with Gasteiger partial charge in [0.15, 0.2) is 12.3 Å². The number of aryl methyl sites for hydroxylation is 1. The molecule has 3 aromatic rings. The molecule has 1 aromatic heterocycles.